The fourth-order valence-electron chi connectivity index (χ4n) is 3.53. The summed E-state index contributed by atoms with van der Waals surface area (Å²) in [5.74, 6) is 1.55. The maximum atomic E-state index is 8.93. The molecule has 0 saturated heterocycles. The van der Waals surface area contributed by atoms with Crippen LogP contribution in [0.5, 0.6) is 11.5 Å². The lowest BCUT2D eigenvalue weighted by atomic mass is 9.72. The molecule has 154 valence electrons. The lowest BCUT2D eigenvalue weighted by Crippen LogP contribution is -2.23. The molecule has 0 aliphatic heterocycles. The van der Waals surface area contributed by atoms with Gasteiger partial charge in [0.05, 0.1) is 13.2 Å². The van der Waals surface area contributed by atoms with Crippen LogP contribution in [-0.4, -0.2) is 36.6 Å². The maximum absolute atomic E-state index is 8.93. The summed E-state index contributed by atoms with van der Waals surface area (Å²) >= 11 is 0. The molecule has 0 aromatic heterocycles. The molecule has 0 spiro atoms. The molecule has 0 bridgehead atoms. The molecule has 0 heterocycles. The molecule has 2 aromatic rings. The van der Waals surface area contributed by atoms with Crippen molar-refractivity contribution in [1.29, 1.82) is 0 Å². The average Bonchev–Trinajstić information content (AvgIpc) is 2.74. The summed E-state index contributed by atoms with van der Waals surface area (Å²) in [6, 6.07) is 16.4. The number of ether oxygens (including phenoxy) is 2. The smallest absolute Gasteiger partial charge is 0.119 e. The minimum atomic E-state index is -0.0985. The first-order valence-electron chi connectivity index (χ1n) is 10.3. The number of hydrogen-bond donors (Lipinski definition) is 2. The van der Waals surface area contributed by atoms with Crippen molar-refractivity contribution in [3.8, 4) is 11.5 Å². The topological polar surface area (TPSA) is 58.9 Å². The summed E-state index contributed by atoms with van der Waals surface area (Å²) in [5.41, 5.74) is 2.41. The molecule has 28 heavy (non-hydrogen) atoms. The van der Waals surface area contributed by atoms with Gasteiger partial charge in [0.2, 0.25) is 0 Å². The zero-order chi connectivity index (χ0) is 20.2. The van der Waals surface area contributed by atoms with Gasteiger partial charge in [-0.25, -0.2) is 0 Å². The van der Waals surface area contributed by atoms with Crippen molar-refractivity contribution >= 4 is 0 Å². The Morgan fingerprint density at radius 1 is 0.714 bits per heavy atom. The standard InChI is InChI=1S/C24H34O4/c1-3-4-5-6-15-24(2,20-7-11-22(12-8-20)27-18-16-25)21-9-13-23(14-10-21)28-19-17-26/h7-14,25-26H,3-6,15-19H2,1-2H3. The van der Waals surface area contributed by atoms with Crippen LogP contribution >= 0.6 is 0 Å². The first kappa shape index (κ1) is 22.3. The molecule has 0 fully saturated rings. The fraction of sp³-hybridized carbons (Fsp3) is 0.500. The largest absolute Gasteiger partial charge is 0.491 e. The van der Waals surface area contributed by atoms with Gasteiger partial charge in [0.1, 0.15) is 24.7 Å². The summed E-state index contributed by atoms with van der Waals surface area (Å²) in [6.45, 7) is 5.18. The first-order chi connectivity index (χ1) is 13.6. The monoisotopic (exact) mass is 386 g/mol. The number of rotatable bonds is 13. The van der Waals surface area contributed by atoms with E-state index in [1.165, 1.54) is 36.8 Å². The van der Waals surface area contributed by atoms with E-state index in [1.807, 2.05) is 24.3 Å². The van der Waals surface area contributed by atoms with E-state index < -0.39 is 0 Å². The summed E-state index contributed by atoms with van der Waals surface area (Å²) in [6.07, 6.45) is 5.97. The van der Waals surface area contributed by atoms with Crippen molar-refractivity contribution in [2.24, 2.45) is 0 Å². The third-order valence-corrected chi connectivity index (χ3v) is 5.23. The van der Waals surface area contributed by atoms with Gasteiger partial charge in [-0.15, -0.1) is 0 Å². The maximum Gasteiger partial charge on any atom is 0.119 e. The molecule has 0 aliphatic carbocycles. The van der Waals surface area contributed by atoms with Gasteiger partial charge in [0.15, 0.2) is 0 Å². The summed E-state index contributed by atoms with van der Waals surface area (Å²) in [7, 11) is 0. The van der Waals surface area contributed by atoms with E-state index >= 15 is 0 Å². The van der Waals surface area contributed by atoms with Crippen LogP contribution in [0.25, 0.3) is 0 Å². The van der Waals surface area contributed by atoms with Gasteiger partial charge in [0, 0.05) is 5.41 Å². The molecular formula is C24H34O4. The van der Waals surface area contributed by atoms with Crippen LogP contribution in [0, 0.1) is 0 Å². The Hall–Kier alpha value is -2.04. The van der Waals surface area contributed by atoms with Gasteiger partial charge in [-0.2, -0.15) is 0 Å². The van der Waals surface area contributed by atoms with Crippen molar-refractivity contribution in [1.82, 2.24) is 0 Å². The number of benzene rings is 2. The second kappa shape index (κ2) is 11.7. The van der Waals surface area contributed by atoms with Crippen molar-refractivity contribution < 1.29 is 19.7 Å². The normalized spacial score (nSPS) is 11.4. The van der Waals surface area contributed by atoms with E-state index in [4.69, 9.17) is 19.7 Å². The lowest BCUT2D eigenvalue weighted by molar-refractivity contribution is 0.201. The van der Waals surface area contributed by atoms with E-state index in [9.17, 15) is 0 Å². The molecule has 0 unspecified atom stereocenters. The molecule has 4 nitrogen and oxygen atoms in total. The van der Waals surface area contributed by atoms with Gasteiger partial charge in [-0.1, -0.05) is 63.8 Å². The molecule has 2 aromatic carbocycles. The van der Waals surface area contributed by atoms with E-state index in [2.05, 4.69) is 38.1 Å². The quantitative estimate of drug-likeness (QED) is 0.490. The molecule has 0 radical (unpaired) electrons. The van der Waals surface area contributed by atoms with Crippen LogP contribution in [0.15, 0.2) is 48.5 Å². The molecule has 0 atom stereocenters. The average molecular weight is 387 g/mol. The van der Waals surface area contributed by atoms with Crippen molar-refractivity contribution in [3.05, 3.63) is 59.7 Å². The zero-order valence-corrected chi connectivity index (χ0v) is 17.2. The van der Waals surface area contributed by atoms with Crippen molar-refractivity contribution in [2.45, 2.75) is 51.4 Å². The van der Waals surface area contributed by atoms with Crippen molar-refractivity contribution in [3.63, 3.8) is 0 Å². The molecule has 4 heteroatoms. The highest BCUT2D eigenvalue weighted by Gasteiger charge is 2.28. The summed E-state index contributed by atoms with van der Waals surface area (Å²) in [4.78, 5) is 0. The Kier molecular flexibility index (Phi) is 9.32. The minimum absolute atomic E-state index is 0.0155. The van der Waals surface area contributed by atoms with Gasteiger partial charge < -0.3 is 19.7 Å². The third-order valence-electron chi connectivity index (χ3n) is 5.23. The molecule has 2 N–H and O–H groups in total. The molecule has 0 aliphatic rings. The number of hydrogen-bond acceptors (Lipinski definition) is 4. The lowest BCUT2D eigenvalue weighted by Gasteiger charge is -2.31. The van der Waals surface area contributed by atoms with E-state index in [-0.39, 0.29) is 18.6 Å². The fourth-order valence-corrected chi connectivity index (χ4v) is 3.53. The molecule has 2 rings (SSSR count). The second-order valence-electron chi connectivity index (χ2n) is 7.34. The Balaban J connectivity index is 2.23. The van der Waals surface area contributed by atoms with Crippen LogP contribution in [0.2, 0.25) is 0 Å². The van der Waals surface area contributed by atoms with Gasteiger partial charge in [-0.05, 0) is 41.8 Å². The predicted molar refractivity (Wildman–Crippen MR) is 113 cm³/mol. The second-order valence-corrected chi connectivity index (χ2v) is 7.34. The molecule has 0 amide bonds. The van der Waals surface area contributed by atoms with Gasteiger partial charge in [-0.3, -0.25) is 0 Å². The summed E-state index contributed by atoms with van der Waals surface area (Å²) < 4.78 is 11.0. The highest BCUT2D eigenvalue weighted by Crippen LogP contribution is 2.38. The highest BCUT2D eigenvalue weighted by molar-refractivity contribution is 5.42. The van der Waals surface area contributed by atoms with Crippen LogP contribution in [-0.2, 0) is 5.41 Å². The Labute approximate surface area is 169 Å². The Bertz CT molecular complexity index is 613. The van der Waals surface area contributed by atoms with E-state index in [0.717, 1.165) is 17.9 Å². The number of aliphatic hydroxyl groups is 2. The van der Waals surface area contributed by atoms with Gasteiger partial charge >= 0.3 is 0 Å². The first-order valence-corrected chi connectivity index (χ1v) is 10.3. The number of unbranched alkanes of at least 4 members (excludes halogenated alkanes) is 3. The highest BCUT2D eigenvalue weighted by atomic mass is 16.5. The van der Waals surface area contributed by atoms with E-state index in [1.54, 1.807) is 0 Å². The molecular weight excluding hydrogens is 352 g/mol. The van der Waals surface area contributed by atoms with E-state index in [0.29, 0.717) is 13.2 Å². The van der Waals surface area contributed by atoms with Crippen LogP contribution in [0.3, 0.4) is 0 Å². The van der Waals surface area contributed by atoms with Crippen LogP contribution in [0.1, 0.15) is 57.1 Å². The zero-order valence-electron chi connectivity index (χ0n) is 17.2. The predicted octanol–water partition coefficient (Wildman–Crippen LogP) is 4.71. The van der Waals surface area contributed by atoms with Gasteiger partial charge in [0.25, 0.3) is 0 Å². The number of aliphatic hydroxyl groups excluding tert-OH is 2. The minimum Gasteiger partial charge on any atom is -0.491 e. The van der Waals surface area contributed by atoms with Crippen LogP contribution in [0.4, 0.5) is 0 Å². The summed E-state index contributed by atoms with van der Waals surface area (Å²) in [5, 5.41) is 17.9. The molecule has 0 saturated carbocycles. The van der Waals surface area contributed by atoms with Crippen LogP contribution < -0.4 is 9.47 Å². The third kappa shape index (κ3) is 6.25. The SMILES string of the molecule is CCCCCCC(C)(c1ccc(OCCO)cc1)c1ccc(OCCO)cc1. The Morgan fingerprint density at radius 2 is 1.18 bits per heavy atom. The van der Waals surface area contributed by atoms with Crippen molar-refractivity contribution in [2.75, 3.05) is 26.4 Å². The Morgan fingerprint density at radius 3 is 1.57 bits per heavy atom.